The minimum Gasteiger partial charge on any atom is -0.393 e. The third kappa shape index (κ3) is 4.97. The van der Waals surface area contributed by atoms with Crippen molar-refractivity contribution in [2.75, 3.05) is 0 Å². The number of aryl methyl sites for hydroxylation is 1. The summed E-state index contributed by atoms with van der Waals surface area (Å²) in [7, 11) is 0. The number of aliphatic hydroxyl groups is 1. The molecule has 25 heavy (non-hydrogen) atoms. The second-order valence-corrected chi connectivity index (χ2v) is 7.23. The molecule has 0 radical (unpaired) electrons. The Kier molecular flexibility index (Phi) is 6.49. The van der Waals surface area contributed by atoms with E-state index in [1.807, 2.05) is 20.8 Å². The Bertz CT molecular complexity index is 772. The minimum absolute atomic E-state index is 0.0890. The van der Waals surface area contributed by atoms with E-state index in [0.717, 1.165) is 22.6 Å². The lowest BCUT2D eigenvalue weighted by molar-refractivity contribution is -0.121. The van der Waals surface area contributed by atoms with E-state index in [0.29, 0.717) is 16.5 Å². The Morgan fingerprint density at radius 3 is 2.60 bits per heavy atom. The van der Waals surface area contributed by atoms with Crippen LogP contribution in [0.4, 0.5) is 0 Å². The molecule has 5 nitrogen and oxygen atoms in total. The number of carbonyl (C=O) groups excluding carboxylic acids is 1. The molecule has 2 aromatic rings. The highest BCUT2D eigenvalue weighted by molar-refractivity contribution is 6.35. The van der Waals surface area contributed by atoms with Crippen molar-refractivity contribution in [3.63, 3.8) is 0 Å². The molecular weight excluding hydrogens is 361 g/mol. The number of benzene rings is 1. The molecule has 7 heteroatoms. The fourth-order valence-electron chi connectivity index (χ4n) is 2.88. The van der Waals surface area contributed by atoms with Gasteiger partial charge in [0.2, 0.25) is 5.91 Å². The maximum atomic E-state index is 12.3. The van der Waals surface area contributed by atoms with Gasteiger partial charge < -0.3 is 10.4 Å². The van der Waals surface area contributed by atoms with Crippen molar-refractivity contribution in [1.29, 1.82) is 0 Å². The van der Waals surface area contributed by atoms with Crippen LogP contribution in [0.1, 0.15) is 37.2 Å². The number of aromatic nitrogens is 2. The number of aliphatic hydroxyl groups excluding tert-OH is 1. The van der Waals surface area contributed by atoms with Crippen molar-refractivity contribution in [3.8, 4) is 5.69 Å². The van der Waals surface area contributed by atoms with Crippen molar-refractivity contribution in [3.05, 3.63) is 45.2 Å². The van der Waals surface area contributed by atoms with E-state index in [9.17, 15) is 9.90 Å². The first kappa shape index (κ1) is 19.8. The molecule has 0 aliphatic carbocycles. The number of nitrogens with zero attached hydrogens (tertiary/aromatic N) is 2. The zero-order valence-electron chi connectivity index (χ0n) is 14.8. The van der Waals surface area contributed by atoms with Crippen LogP contribution in [0.15, 0.2) is 18.2 Å². The highest BCUT2D eigenvalue weighted by atomic mass is 35.5. The molecule has 2 N–H and O–H groups in total. The molecule has 2 atom stereocenters. The maximum absolute atomic E-state index is 12.3. The number of amides is 1. The standard InChI is InChI=1S/C18H23Cl2N3O2/c1-10(7-11(2)24)21-18(25)9-15-12(3)22-23(13(15)4)17-6-5-14(19)8-16(17)20/h5-6,8,10-11,24H,7,9H2,1-4H3,(H,21,25). The fourth-order valence-corrected chi connectivity index (χ4v) is 3.36. The van der Waals surface area contributed by atoms with Gasteiger partial charge in [-0.1, -0.05) is 23.2 Å². The van der Waals surface area contributed by atoms with Gasteiger partial charge in [0, 0.05) is 22.3 Å². The number of halogens is 2. The molecule has 1 aromatic carbocycles. The lowest BCUT2D eigenvalue weighted by atomic mass is 10.1. The Balaban J connectivity index is 2.20. The maximum Gasteiger partial charge on any atom is 0.224 e. The number of nitrogens with one attached hydrogen (secondary N) is 1. The Morgan fingerprint density at radius 2 is 2.00 bits per heavy atom. The van der Waals surface area contributed by atoms with Crippen LogP contribution in [0, 0.1) is 13.8 Å². The molecule has 0 saturated heterocycles. The van der Waals surface area contributed by atoms with Crippen molar-refractivity contribution in [2.24, 2.45) is 0 Å². The van der Waals surface area contributed by atoms with Crippen molar-refractivity contribution in [2.45, 2.75) is 52.7 Å². The Hall–Kier alpha value is -1.56. The third-order valence-corrected chi connectivity index (χ3v) is 4.56. The SMILES string of the molecule is Cc1nn(-c2ccc(Cl)cc2Cl)c(C)c1CC(=O)NC(C)CC(C)O. The molecule has 1 aromatic heterocycles. The van der Waals surface area contributed by atoms with Crippen LogP contribution in [0.2, 0.25) is 10.0 Å². The average molecular weight is 384 g/mol. The summed E-state index contributed by atoms with van der Waals surface area (Å²) in [6.45, 7) is 7.36. The van der Waals surface area contributed by atoms with Crippen molar-refractivity contribution in [1.82, 2.24) is 15.1 Å². The van der Waals surface area contributed by atoms with Gasteiger partial charge in [-0.2, -0.15) is 5.10 Å². The quantitative estimate of drug-likeness (QED) is 0.800. The topological polar surface area (TPSA) is 67.2 Å². The number of rotatable bonds is 6. The van der Waals surface area contributed by atoms with Crippen LogP contribution in [0.3, 0.4) is 0 Å². The van der Waals surface area contributed by atoms with Crippen LogP contribution in [-0.2, 0) is 11.2 Å². The van der Waals surface area contributed by atoms with Gasteiger partial charge in [-0.3, -0.25) is 4.79 Å². The predicted octanol–water partition coefficient (Wildman–Crippen LogP) is 3.61. The van der Waals surface area contributed by atoms with Gasteiger partial charge in [0.05, 0.1) is 28.9 Å². The number of hydrogen-bond acceptors (Lipinski definition) is 3. The summed E-state index contributed by atoms with van der Waals surface area (Å²) in [6, 6.07) is 5.13. The zero-order chi connectivity index (χ0) is 18.7. The normalized spacial score (nSPS) is 13.6. The van der Waals surface area contributed by atoms with Gasteiger partial charge in [0.1, 0.15) is 0 Å². The van der Waals surface area contributed by atoms with Crippen LogP contribution < -0.4 is 5.32 Å². The molecule has 0 aliphatic rings. The van der Waals surface area contributed by atoms with Gasteiger partial charge in [0.25, 0.3) is 0 Å². The van der Waals surface area contributed by atoms with Gasteiger partial charge in [-0.15, -0.1) is 0 Å². The van der Waals surface area contributed by atoms with Gasteiger partial charge >= 0.3 is 0 Å². The first-order valence-corrected chi connectivity index (χ1v) is 8.92. The summed E-state index contributed by atoms with van der Waals surface area (Å²) in [5.74, 6) is -0.0962. The van der Waals surface area contributed by atoms with Gasteiger partial charge in [-0.25, -0.2) is 4.68 Å². The predicted molar refractivity (Wildman–Crippen MR) is 101 cm³/mol. The average Bonchev–Trinajstić information content (AvgIpc) is 2.74. The molecule has 0 saturated carbocycles. The van der Waals surface area contributed by atoms with Crippen molar-refractivity contribution >= 4 is 29.1 Å². The highest BCUT2D eigenvalue weighted by Crippen LogP contribution is 2.27. The first-order chi connectivity index (χ1) is 11.7. The van der Waals surface area contributed by atoms with E-state index >= 15 is 0 Å². The third-order valence-electron chi connectivity index (χ3n) is 4.02. The summed E-state index contributed by atoms with van der Waals surface area (Å²) < 4.78 is 1.73. The summed E-state index contributed by atoms with van der Waals surface area (Å²) in [5.41, 5.74) is 3.23. The smallest absolute Gasteiger partial charge is 0.224 e. The lowest BCUT2D eigenvalue weighted by Gasteiger charge is -2.15. The number of hydrogen-bond donors (Lipinski definition) is 2. The lowest BCUT2D eigenvalue weighted by Crippen LogP contribution is -2.35. The first-order valence-electron chi connectivity index (χ1n) is 8.17. The van der Waals surface area contributed by atoms with E-state index in [-0.39, 0.29) is 18.4 Å². The molecule has 136 valence electrons. The number of carbonyl (C=O) groups is 1. The molecule has 2 rings (SSSR count). The summed E-state index contributed by atoms with van der Waals surface area (Å²) in [5, 5.41) is 17.9. The second-order valence-electron chi connectivity index (χ2n) is 6.39. The van der Waals surface area contributed by atoms with Crippen LogP contribution >= 0.6 is 23.2 Å². The molecule has 0 aliphatic heterocycles. The van der Waals surface area contributed by atoms with Crippen molar-refractivity contribution < 1.29 is 9.90 Å². The fraction of sp³-hybridized carbons (Fsp3) is 0.444. The monoisotopic (exact) mass is 383 g/mol. The summed E-state index contributed by atoms with van der Waals surface area (Å²) in [4.78, 5) is 12.3. The largest absolute Gasteiger partial charge is 0.393 e. The Labute approximate surface area is 157 Å². The summed E-state index contributed by atoms with van der Waals surface area (Å²) >= 11 is 12.2. The van der Waals surface area contributed by atoms with Crippen LogP contribution in [0.25, 0.3) is 5.69 Å². The van der Waals surface area contributed by atoms with E-state index in [1.165, 1.54) is 0 Å². The van der Waals surface area contributed by atoms with Crippen LogP contribution in [-0.4, -0.2) is 32.9 Å². The van der Waals surface area contributed by atoms with Crippen LogP contribution in [0.5, 0.6) is 0 Å². The second kappa shape index (κ2) is 8.21. The molecule has 0 bridgehead atoms. The van der Waals surface area contributed by atoms with E-state index in [1.54, 1.807) is 29.8 Å². The van der Waals surface area contributed by atoms with E-state index in [2.05, 4.69) is 10.4 Å². The zero-order valence-corrected chi connectivity index (χ0v) is 16.3. The van der Waals surface area contributed by atoms with Gasteiger partial charge in [-0.05, 0) is 52.3 Å². The Morgan fingerprint density at radius 1 is 1.32 bits per heavy atom. The highest BCUT2D eigenvalue weighted by Gasteiger charge is 2.18. The molecular formula is C18H23Cl2N3O2. The summed E-state index contributed by atoms with van der Waals surface area (Å²) in [6.07, 6.45) is 0.296. The van der Waals surface area contributed by atoms with Gasteiger partial charge in [0.15, 0.2) is 0 Å². The molecule has 2 unspecified atom stereocenters. The molecule has 1 amide bonds. The van der Waals surface area contributed by atoms with E-state index in [4.69, 9.17) is 23.2 Å². The molecule has 1 heterocycles. The van der Waals surface area contributed by atoms with E-state index < -0.39 is 6.10 Å². The molecule has 0 fully saturated rings. The minimum atomic E-state index is -0.450. The molecule has 0 spiro atoms.